The fraction of sp³-hybridized carbons (Fsp3) is 0. The molecule has 0 amide bonds. The van der Waals surface area contributed by atoms with Crippen LogP contribution in [-0.2, 0) is 0 Å². The first-order chi connectivity index (χ1) is 11.5. The monoisotopic (exact) mass is 364 g/mol. The molecule has 0 radical (unpaired) electrons. The average Bonchev–Trinajstić information content (AvgIpc) is 2.59. The van der Waals surface area contributed by atoms with Gasteiger partial charge in [0.25, 0.3) is 11.4 Å². The predicted octanol–water partition coefficient (Wildman–Crippen LogP) is 3.93. The van der Waals surface area contributed by atoms with Crippen molar-refractivity contribution < 1.29 is 19.4 Å². The second-order valence-corrected chi connectivity index (χ2v) is 6.57. The molecule has 8 nitrogen and oxygen atoms in total. The highest BCUT2D eigenvalue weighted by Crippen LogP contribution is 2.41. The van der Waals surface area contributed by atoms with Crippen LogP contribution in [0.2, 0.25) is 0 Å². The Balaban J connectivity index is 2.25. The maximum absolute atomic E-state index is 11.1. The minimum absolute atomic E-state index is 0.149. The Morgan fingerprint density at radius 3 is 1.42 bits per heavy atom. The number of hydrogen-bond acceptors (Lipinski definition) is 8. The molecule has 2 rings (SSSR count). The van der Waals surface area contributed by atoms with Gasteiger partial charge in [0.05, 0.1) is 9.85 Å². The van der Waals surface area contributed by atoms with Gasteiger partial charge < -0.3 is 0 Å². The van der Waals surface area contributed by atoms with E-state index in [-0.39, 0.29) is 22.5 Å². The number of benzene rings is 2. The van der Waals surface area contributed by atoms with Crippen molar-refractivity contribution in [3.8, 4) is 0 Å². The molecular weight excluding hydrogens is 356 g/mol. The van der Waals surface area contributed by atoms with Gasteiger partial charge in [-0.25, -0.2) is 0 Å². The smallest absolute Gasteiger partial charge is 0.270 e. The number of non-ortho nitro benzene ring substituents is 2. The third-order valence-corrected chi connectivity index (χ3v) is 5.40. The van der Waals surface area contributed by atoms with Crippen molar-refractivity contribution in [1.29, 1.82) is 0 Å². The third-order valence-electron chi connectivity index (χ3n) is 2.88. The molecule has 2 aromatic rings. The van der Waals surface area contributed by atoms with Crippen LogP contribution in [0.4, 0.5) is 11.4 Å². The molecule has 0 saturated heterocycles. The second kappa shape index (κ2) is 7.70. The molecule has 2 aromatic carbocycles. The molecule has 0 atom stereocenters. The van der Waals surface area contributed by atoms with E-state index < -0.39 is 9.85 Å². The van der Waals surface area contributed by atoms with Crippen LogP contribution in [0.3, 0.4) is 0 Å². The molecule has 0 aliphatic carbocycles. The second-order valence-electron chi connectivity index (χ2n) is 4.36. The summed E-state index contributed by atoms with van der Waals surface area (Å²) in [6.07, 6.45) is 1.01. The van der Waals surface area contributed by atoms with Gasteiger partial charge in [-0.05, 0) is 12.1 Å². The molecule has 0 aliphatic rings. The molecule has 0 fully saturated rings. The van der Waals surface area contributed by atoms with Crippen molar-refractivity contribution in [3.63, 3.8) is 0 Å². The van der Waals surface area contributed by atoms with Gasteiger partial charge in [0.2, 0.25) is 0 Å². The summed E-state index contributed by atoms with van der Waals surface area (Å²) in [5, 5.41) is 21.4. The van der Waals surface area contributed by atoms with Gasteiger partial charge in [-0.3, -0.25) is 29.8 Å². The zero-order chi connectivity index (χ0) is 17.7. The van der Waals surface area contributed by atoms with Crippen molar-refractivity contribution in [2.45, 2.75) is 9.79 Å². The molecule has 0 aromatic heterocycles. The van der Waals surface area contributed by atoms with E-state index in [0.29, 0.717) is 22.4 Å². The number of hydrogen-bond donors (Lipinski definition) is 0. The van der Waals surface area contributed by atoms with Crippen molar-refractivity contribution in [2.75, 3.05) is 0 Å². The lowest BCUT2D eigenvalue weighted by molar-refractivity contribution is -0.385. The van der Waals surface area contributed by atoms with Crippen molar-refractivity contribution in [2.24, 2.45) is 0 Å². The fourth-order valence-electron chi connectivity index (χ4n) is 1.72. The van der Waals surface area contributed by atoms with E-state index in [2.05, 4.69) is 0 Å². The lowest BCUT2D eigenvalue weighted by Crippen LogP contribution is -1.92. The van der Waals surface area contributed by atoms with Crippen molar-refractivity contribution in [1.82, 2.24) is 0 Å². The van der Waals surface area contributed by atoms with E-state index in [0.717, 1.165) is 33.7 Å². The van der Waals surface area contributed by atoms with Gasteiger partial charge in [-0.1, -0.05) is 21.6 Å². The van der Waals surface area contributed by atoms with Crippen LogP contribution in [-0.4, -0.2) is 22.4 Å². The molecular formula is C14H8N2O6S2. The summed E-state index contributed by atoms with van der Waals surface area (Å²) >= 11 is 0. The minimum atomic E-state index is -0.602. The first-order valence-corrected chi connectivity index (χ1v) is 8.43. The largest absolute Gasteiger partial charge is 0.298 e. The predicted molar refractivity (Wildman–Crippen MR) is 88.7 cm³/mol. The Bertz CT molecular complexity index is 771. The Kier molecular flexibility index (Phi) is 5.66. The number of nitro groups is 2. The average molecular weight is 364 g/mol. The standard InChI is InChI=1S/C14H8N2O6S2/c17-7-9-5-11(15(19)20)1-3-13(9)23-24-14-4-2-12(16(21)22)6-10(14)8-18/h1-8H. The quantitative estimate of drug-likeness (QED) is 0.313. The topological polar surface area (TPSA) is 120 Å². The van der Waals surface area contributed by atoms with E-state index in [1.807, 2.05) is 0 Å². The molecule has 0 saturated carbocycles. The van der Waals surface area contributed by atoms with Crippen molar-refractivity contribution in [3.05, 3.63) is 67.8 Å². The molecule has 0 bridgehead atoms. The maximum Gasteiger partial charge on any atom is 0.270 e. The maximum atomic E-state index is 11.1. The number of aldehydes is 2. The lowest BCUT2D eigenvalue weighted by atomic mass is 10.2. The van der Waals surface area contributed by atoms with E-state index >= 15 is 0 Å². The summed E-state index contributed by atoms with van der Waals surface area (Å²) in [6, 6.07) is 7.73. The summed E-state index contributed by atoms with van der Waals surface area (Å²) in [7, 11) is 2.25. The number of carbonyl (C=O) groups is 2. The van der Waals surface area contributed by atoms with Crippen LogP contribution in [0.5, 0.6) is 0 Å². The van der Waals surface area contributed by atoms with Gasteiger partial charge in [0.15, 0.2) is 12.6 Å². The van der Waals surface area contributed by atoms with Gasteiger partial charge in [0, 0.05) is 45.2 Å². The van der Waals surface area contributed by atoms with Gasteiger partial charge in [-0.2, -0.15) is 0 Å². The Morgan fingerprint density at radius 1 is 0.750 bits per heavy atom. The molecule has 10 heteroatoms. The number of carbonyl (C=O) groups excluding carboxylic acids is 2. The first kappa shape index (κ1) is 17.6. The molecule has 122 valence electrons. The summed E-state index contributed by atoms with van der Waals surface area (Å²) < 4.78 is 0. The number of rotatable bonds is 7. The van der Waals surface area contributed by atoms with Crippen LogP contribution in [0.25, 0.3) is 0 Å². The molecule has 0 spiro atoms. The Hall–Kier alpha value is -2.72. The molecule has 0 unspecified atom stereocenters. The van der Waals surface area contributed by atoms with Gasteiger partial charge >= 0.3 is 0 Å². The highest BCUT2D eigenvalue weighted by atomic mass is 33.1. The normalized spacial score (nSPS) is 10.2. The fourth-order valence-corrected chi connectivity index (χ4v) is 4.01. The molecule has 0 heterocycles. The van der Waals surface area contributed by atoms with E-state index in [4.69, 9.17) is 0 Å². The van der Waals surface area contributed by atoms with Crippen LogP contribution >= 0.6 is 21.6 Å². The van der Waals surface area contributed by atoms with Gasteiger partial charge in [-0.15, -0.1) is 0 Å². The van der Waals surface area contributed by atoms with Crippen LogP contribution in [0.1, 0.15) is 20.7 Å². The zero-order valence-electron chi connectivity index (χ0n) is 11.8. The third kappa shape index (κ3) is 3.97. The summed E-state index contributed by atoms with van der Waals surface area (Å²) in [5.41, 5.74) is -0.0988. The number of nitrogens with zero attached hydrogens (tertiary/aromatic N) is 2. The molecule has 0 aliphatic heterocycles. The van der Waals surface area contributed by atoms with E-state index in [1.54, 1.807) is 0 Å². The first-order valence-electron chi connectivity index (χ1n) is 6.28. The summed E-state index contributed by atoms with van der Waals surface area (Å²) in [6.45, 7) is 0. The van der Waals surface area contributed by atoms with Crippen molar-refractivity contribution >= 4 is 45.5 Å². The van der Waals surface area contributed by atoms with Crippen LogP contribution in [0.15, 0.2) is 46.2 Å². The Morgan fingerprint density at radius 2 is 1.12 bits per heavy atom. The number of nitro benzene ring substituents is 2. The van der Waals surface area contributed by atoms with E-state index in [9.17, 15) is 29.8 Å². The van der Waals surface area contributed by atoms with Crippen LogP contribution < -0.4 is 0 Å². The van der Waals surface area contributed by atoms with Crippen LogP contribution in [0, 0.1) is 20.2 Å². The highest BCUT2D eigenvalue weighted by molar-refractivity contribution is 8.76. The molecule has 0 N–H and O–H groups in total. The summed E-state index contributed by atoms with van der Waals surface area (Å²) in [4.78, 5) is 43.3. The minimum Gasteiger partial charge on any atom is -0.298 e. The highest BCUT2D eigenvalue weighted by Gasteiger charge is 2.14. The molecule has 24 heavy (non-hydrogen) atoms. The lowest BCUT2D eigenvalue weighted by Gasteiger charge is -2.06. The zero-order valence-corrected chi connectivity index (χ0v) is 13.4. The summed E-state index contributed by atoms with van der Waals surface area (Å²) in [5.74, 6) is 0. The van der Waals surface area contributed by atoms with E-state index in [1.165, 1.54) is 24.3 Å². The van der Waals surface area contributed by atoms with Gasteiger partial charge in [0.1, 0.15) is 0 Å². The Labute approximate surface area is 142 Å². The SMILES string of the molecule is O=Cc1cc([N+](=O)[O-])ccc1SSc1ccc([N+](=O)[O-])cc1C=O.